The third-order valence-corrected chi connectivity index (χ3v) is 5.92. The Bertz CT molecular complexity index is 1570. The maximum Gasteiger partial charge on any atom is 0.336 e. The molecule has 4 heterocycles. The van der Waals surface area contributed by atoms with Crippen LogP contribution in [0.1, 0.15) is 29.5 Å². The topological polar surface area (TPSA) is 154 Å². The Hall–Kier alpha value is -4.03. The number of benzene rings is 1. The molecule has 1 aliphatic heterocycles. The second-order valence-corrected chi connectivity index (χ2v) is 8.54. The summed E-state index contributed by atoms with van der Waals surface area (Å²) in [6, 6.07) is 6.69. The van der Waals surface area contributed by atoms with Gasteiger partial charge in [0.2, 0.25) is 0 Å². The van der Waals surface area contributed by atoms with Crippen LogP contribution in [-0.2, 0) is 17.9 Å². The van der Waals surface area contributed by atoms with Gasteiger partial charge in [0.25, 0.3) is 5.56 Å². The molecule has 12 heteroatoms. The van der Waals surface area contributed by atoms with Crippen LogP contribution in [0.2, 0.25) is 0 Å². The summed E-state index contributed by atoms with van der Waals surface area (Å²) in [5, 5.41) is 19.4. The first-order valence-corrected chi connectivity index (χ1v) is 11.0. The molecule has 3 atom stereocenters. The summed E-state index contributed by atoms with van der Waals surface area (Å²) in [4.78, 5) is 37.6. The van der Waals surface area contributed by atoms with Crippen molar-refractivity contribution in [2.75, 3.05) is 0 Å². The van der Waals surface area contributed by atoms with Gasteiger partial charge in [-0.2, -0.15) is 0 Å². The number of hydrogen-bond donors (Lipinski definition) is 2. The number of hydrogen-bond acceptors (Lipinski definition) is 9. The van der Waals surface area contributed by atoms with Gasteiger partial charge in [0.1, 0.15) is 36.0 Å². The molecule has 4 aromatic rings. The molecular formula is C23H23N5O7. The minimum absolute atomic E-state index is 0.129. The number of rotatable bonds is 6. The second kappa shape index (κ2) is 8.96. The van der Waals surface area contributed by atoms with Gasteiger partial charge >= 0.3 is 11.3 Å². The molecule has 0 radical (unpaired) electrons. The van der Waals surface area contributed by atoms with Crippen LogP contribution in [0.15, 0.2) is 55.5 Å². The number of nitrogens with zero attached hydrogens (tertiary/aromatic N) is 4. The Morgan fingerprint density at radius 3 is 2.83 bits per heavy atom. The average Bonchev–Trinajstić information content (AvgIpc) is 3.41. The van der Waals surface area contributed by atoms with Crippen LogP contribution in [-0.4, -0.2) is 41.9 Å². The van der Waals surface area contributed by atoms with E-state index in [9.17, 15) is 19.5 Å². The van der Waals surface area contributed by atoms with Crippen LogP contribution in [0.4, 0.5) is 0 Å². The molecule has 0 spiro atoms. The van der Waals surface area contributed by atoms with E-state index < -0.39 is 35.3 Å². The molecule has 0 bridgehead atoms. The summed E-state index contributed by atoms with van der Waals surface area (Å²) in [6.07, 6.45) is 1.12. The van der Waals surface area contributed by atoms with Gasteiger partial charge in [0.15, 0.2) is 0 Å². The van der Waals surface area contributed by atoms with Gasteiger partial charge in [0.05, 0.1) is 18.8 Å². The van der Waals surface area contributed by atoms with Crippen LogP contribution in [0, 0.1) is 13.8 Å². The van der Waals surface area contributed by atoms with Gasteiger partial charge in [-0.3, -0.25) is 14.3 Å². The standard InChI is InChI=1S/C23H23N5O7/c1-12-5-21(30)35-18-6-15(3-4-16(12)18)33-11-14-9-27(26-25-14)10-19-17(29)7-20(34-19)28-8-13(2)22(31)24-23(28)32/h3-6,8-9,17,19-20,29H,7,10-11H2,1-2H3,(H,24,31,32)/t17-,19+,20+/m0/s1. The van der Waals surface area contributed by atoms with Gasteiger partial charge < -0.3 is 19.0 Å². The molecule has 182 valence electrons. The van der Waals surface area contributed by atoms with Crippen molar-refractivity contribution in [1.82, 2.24) is 24.5 Å². The molecule has 1 aliphatic rings. The van der Waals surface area contributed by atoms with Crippen molar-refractivity contribution < 1.29 is 19.0 Å². The Morgan fingerprint density at radius 2 is 2.00 bits per heavy atom. The van der Waals surface area contributed by atoms with Crippen molar-refractivity contribution in [3.8, 4) is 5.75 Å². The van der Waals surface area contributed by atoms with Crippen LogP contribution >= 0.6 is 0 Å². The number of ether oxygens (including phenoxy) is 2. The van der Waals surface area contributed by atoms with E-state index in [2.05, 4.69) is 15.3 Å². The molecule has 0 saturated carbocycles. The minimum Gasteiger partial charge on any atom is -0.487 e. The highest BCUT2D eigenvalue weighted by Crippen LogP contribution is 2.28. The molecule has 35 heavy (non-hydrogen) atoms. The summed E-state index contributed by atoms with van der Waals surface area (Å²) >= 11 is 0. The lowest BCUT2D eigenvalue weighted by molar-refractivity contribution is -0.0302. The monoisotopic (exact) mass is 481 g/mol. The lowest BCUT2D eigenvalue weighted by Crippen LogP contribution is -2.33. The van der Waals surface area contributed by atoms with E-state index in [1.165, 1.54) is 21.5 Å². The van der Waals surface area contributed by atoms with E-state index in [0.29, 0.717) is 22.6 Å². The van der Waals surface area contributed by atoms with Gasteiger partial charge in [0, 0.05) is 35.7 Å². The Morgan fingerprint density at radius 1 is 1.17 bits per heavy atom. The lowest BCUT2D eigenvalue weighted by atomic mass is 10.1. The molecule has 2 N–H and O–H groups in total. The van der Waals surface area contributed by atoms with Crippen molar-refractivity contribution in [3.05, 3.63) is 84.7 Å². The molecule has 0 amide bonds. The minimum atomic E-state index is -0.834. The summed E-state index contributed by atoms with van der Waals surface area (Å²) in [7, 11) is 0. The predicted octanol–water partition coefficient (Wildman–Crippen LogP) is 0.779. The molecule has 3 aromatic heterocycles. The van der Waals surface area contributed by atoms with E-state index >= 15 is 0 Å². The van der Waals surface area contributed by atoms with E-state index in [1.54, 1.807) is 25.3 Å². The zero-order valence-electron chi connectivity index (χ0n) is 19.0. The number of aliphatic hydroxyl groups excluding tert-OH is 1. The third-order valence-electron chi connectivity index (χ3n) is 5.92. The van der Waals surface area contributed by atoms with Crippen molar-refractivity contribution in [3.63, 3.8) is 0 Å². The normalized spacial score (nSPS) is 19.9. The van der Waals surface area contributed by atoms with Gasteiger partial charge in [-0.25, -0.2) is 14.3 Å². The van der Waals surface area contributed by atoms with Gasteiger partial charge in [-0.15, -0.1) is 5.10 Å². The van der Waals surface area contributed by atoms with E-state index in [4.69, 9.17) is 13.9 Å². The highest BCUT2D eigenvalue weighted by molar-refractivity contribution is 5.81. The van der Waals surface area contributed by atoms with Crippen molar-refractivity contribution >= 4 is 11.0 Å². The first kappa shape index (κ1) is 22.7. The lowest BCUT2D eigenvalue weighted by Gasteiger charge is -2.16. The van der Waals surface area contributed by atoms with E-state index in [1.807, 2.05) is 13.0 Å². The fourth-order valence-corrected chi connectivity index (χ4v) is 4.08. The number of nitrogens with one attached hydrogen (secondary N) is 1. The fourth-order valence-electron chi connectivity index (χ4n) is 4.08. The third kappa shape index (κ3) is 4.66. The van der Waals surface area contributed by atoms with Crippen LogP contribution < -0.4 is 21.6 Å². The van der Waals surface area contributed by atoms with Crippen LogP contribution in [0.3, 0.4) is 0 Å². The van der Waals surface area contributed by atoms with Crippen molar-refractivity contribution in [1.29, 1.82) is 0 Å². The number of aryl methyl sites for hydroxylation is 2. The first-order valence-electron chi connectivity index (χ1n) is 11.0. The summed E-state index contributed by atoms with van der Waals surface area (Å²) in [5.41, 5.74) is 0.709. The fraction of sp³-hybridized carbons (Fsp3) is 0.348. The van der Waals surface area contributed by atoms with Crippen LogP contribution in [0.25, 0.3) is 11.0 Å². The van der Waals surface area contributed by atoms with Gasteiger partial charge in [-0.1, -0.05) is 5.21 Å². The first-order chi connectivity index (χ1) is 16.8. The van der Waals surface area contributed by atoms with Crippen LogP contribution in [0.5, 0.6) is 5.75 Å². The molecular weight excluding hydrogens is 458 g/mol. The highest BCUT2D eigenvalue weighted by Gasteiger charge is 2.36. The maximum atomic E-state index is 12.1. The summed E-state index contributed by atoms with van der Waals surface area (Å²) in [5.74, 6) is 0.514. The number of H-pyrrole nitrogens is 1. The molecule has 1 saturated heterocycles. The average molecular weight is 481 g/mol. The Kier molecular flexibility index (Phi) is 5.83. The van der Waals surface area contributed by atoms with E-state index in [0.717, 1.165) is 10.9 Å². The number of fused-ring (bicyclic) bond motifs is 1. The van der Waals surface area contributed by atoms with Gasteiger partial charge in [-0.05, 0) is 31.5 Å². The quantitative estimate of drug-likeness (QED) is 0.380. The second-order valence-electron chi connectivity index (χ2n) is 8.54. The van der Waals surface area contributed by atoms with Crippen molar-refractivity contribution in [2.24, 2.45) is 0 Å². The maximum absolute atomic E-state index is 12.1. The van der Waals surface area contributed by atoms with Crippen molar-refractivity contribution in [2.45, 2.75) is 51.9 Å². The molecule has 12 nitrogen and oxygen atoms in total. The molecule has 0 unspecified atom stereocenters. The SMILES string of the molecule is Cc1cn([C@H]2C[C@H](O)[C@@H](Cn3cc(COc4ccc5c(C)cc(=O)oc5c4)nn3)O2)c(=O)[nH]c1=O. The molecule has 1 aromatic carbocycles. The zero-order chi connectivity index (χ0) is 24.7. The molecule has 0 aliphatic carbocycles. The Balaban J connectivity index is 1.23. The summed E-state index contributed by atoms with van der Waals surface area (Å²) < 4.78 is 19.7. The Labute approximate surface area is 197 Å². The summed E-state index contributed by atoms with van der Waals surface area (Å²) in [6.45, 7) is 3.77. The zero-order valence-corrected chi connectivity index (χ0v) is 19.0. The van der Waals surface area contributed by atoms with E-state index in [-0.39, 0.29) is 19.6 Å². The molecule has 5 rings (SSSR count). The molecule has 1 fully saturated rings. The predicted molar refractivity (Wildman–Crippen MR) is 122 cm³/mol. The number of aromatic amines is 1. The smallest absolute Gasteiger partial charge is 0.336 e. The highest BCUT2D eigenvalue weighted by atomic mass is 16.5. The largest absolute Gasteiger partial charge is 0.487 e. The number of aliphatic hydroxyl groups is 1. The number of aromatic nitrogens is 5.